The second-order valence-corrected chi connectivity index (χ2v) is 5.50. The highest BCUT2D eigenvalue weighted by molar-refractivity contribution is 5.96. The average molecular weight is 262 g/mol. The molecule has 0 heterocycles. The number of amides is 1. The van der Waals surface area contributed by atoms with Crippen molar-refractivity contribution in [2.24, 2.45) is 11.1 Å². The van der Waals surface area contributed by atoms with Crippen molar-refractivity contribution in [1.29, 1.82) is 0 Å². The number of carbonyl (C=O) groups is 1. The lowest BCUT2D eigenvalue weighted by atomic mass is 9.73. The summed E-state index contributed by atoms with van der Waals surface area (Å²) in [4.78, 5) is 12.5. The van der Waals surface area contributed by atoms with E-state index >= 15 is 0 Å². The zero-order valence-electron chi connectivity index (χ0n) is 11.4. The maximum absolute atomic E-state index is 12.5. The second kappa shape index (κ2) is 5.61. The van der Waals surface area contributed by atoms with Crippen LogP contribution in [0, 0.1) is 12.3 Å². The third-order valence-corrected chi connectivity index (χ3v) is 4.14. The van der Waals surface area contributed by atoms with Gasteiger partial charge in [0.15, 0.2) is 0 Å². The Balaban J connectivity index is 2.15. The fraction of sp³-hybridized carbons (Fsp3) is 0.533. The van der Waals surface area contributed by atoms with Gasteiger partial charge in [0.25, 0.3) is 0 Å². The van der Waals surface area contributed by atoms with E-state index in [1.165, 1.54) is 6.42 Å². The highest BCUT2D eigenvalue weighted by Gasteiger charge is 2.38. The van der Waals surface area contributed by atoms with Crippen molar-refractivity contribution in [2.75, 3.05) is 11.9 Å². The third kappa shape index (κ3) is 2.89. The van der Waals surface area contributed by atoms with Gasteiger partial charge in [-0.05, 0) is 43.5 Å². The fourth-order valence-corrected chi connectivity index (χ4v) is 2.80. The number of nitrogens with two attached hydrogens (primary N) is 1. The Morgan fingerprint density at radius 1 is 1.37 bits per heavy atom. The molecular weight excluding hydrogens is 240 g/mol. The molecule has 0 spiro atoms. The number of benzene rings is 1. The molecule has 0 saturated heterocycles. The lowest BCUT2D eigenvalue weighted by molar-refractivity contribution is -0.126. The van der Waals surface area contributed by atoms with Gasteiger partial charge < -0.3 is 16.2 Å². The van der Waals surface area contributed by atoms with E-state index in [1.54, 1.807) is 18.2 Å². The molecular formula is C15H22N2O2. The average Bonchev–Trinajstić information content (AvgIpc) is 2.42. The number of carbonyl (C=O) groups excluding carboxylic acids is 1. The number of aryl methyl sites for hydroxylation is 1. The Bertz CT molecular complexity index is 465. The molecule has 0 aromatic heterocycles. The van der Waals surface area contributed by atoms with Crippen molar-refractivity contribution in [3.05, 3.63) is 23.8 Å². The smallest absolute Gasteiger partial charge is 0.231 e. The Labute approximate surface area is 114 Å². The van der Waals surface area contributed by atoms with Crippen LogP contribution in [0.4, 0.5) is 5.69 Å². The normalized spacial score (nSPS) is 18.0. The molecule has 0 unspecified atom stereocenters. The van der Waals surface area contributed by atoms with Crippen LogP contribution < -0.4 is 11.1 Å². The second-order valence-electron chi connectivity index (χ2n) is 5.50. The van der Waals surface area contributed by atoms with Crippen molar-refractivity contribution in [1.82, 2.24) is 0 Å². The molecule has 104 valence electrons. The van der Waals surface area contributed by atoms with Crippen LogP contribution in [0.15, 0.2) is 18.2 Å². The van der Waals surface area contributed by atoms with E-state index in [4.69, 9.17) is 5.73 Å². The van der Waals surface area contributed by atoms with Gasteiger partial charge in [0.05, 0.1) is 5.41 Å². The Hall–Kier alpha value is -1.55. The first kappa shape index (κ1) is 13.9. The summed E-state index contributed by atoms with van der Waals surface area (Å²) >= 11 is 0. The maximum Gasteiger partial charge on any atom is 0.231 e. The van der Waals surface area contributed by atoms with Gasteiger partial charge in [0.1, 0.15) is 5.75 Å². The van der Waals surface area contributed by atoms with Crippen LogP contribution in [0.25, 0.3) is 0 Å². The van der Waals surface area contributed by atoms with Crippen molar-refractivity contribution >= 4 is 11.6 Å². The summed E-state index contributed by atoms with van der Waals surface area (Å²) in [5, 5.41) is 12.4. The van der Waals surface area contributed by atoms with Gasteiger partial charge in [-0.2, -0.15) is 0 Å². The van der Waals surface area contributed by atoms with Crippen LogP contribution in [0.2, 0.25) is 0 Å². The highest BCUT2D eigenvalue weighted by atomic mass is 16.3. The molecule has 1 aromatic carbocycles. The van der Waals surface area contributed by atoms with Gasteiger partial charge in [0.2, 0.25) is 5.91 Å². The van der Waals surface area contributed by atoms with Crippen LogP contribution in [0.3, 0.4) is 0 Å². The zero-order valence-corrected chi connectivity index (χ0v) is 11.4. The Kier molecular flexibility index (Phi) is 4.10. The number of phenols is 1. The highest BCUT2D eigenvalue weighted by Crippen LogP contribution is 2.36. The molecule has 0 radical (unpaired) electrons. The summed E-state index contributed by atoms with van der Waals surface area (Å²) in [5.41, 5.74) is 7.05. The minimum absolute atomic E-state index is 0.0171. The molecule has 19 heavy (non-hydrogen) atoms. The Morgan fingerprint density at radius 3 is 2.63 bits per heavy atom. The van der Waals surface area contributed by atoms with Gasteiger partial charge in [-0.15, -0.1) is 0 Å². The van der Waals surface area contributed by atoms with Crippen molar-refractivity contribution in [2.45, 2.75) is 39.0 Å². The van der Waals surface area contributed by atoms with Crippen LogP contribution in [0.1, 0.15) is 37.7 Å². The first-order valence-electron chi connectivity index (χ1n) is 6.88. The third-order valence-electron chi connectivity index (χ3n) is 4.14. The minimum atomic E-state index is -0.414. The molecule has 2 rings (SSSR count). The molecule has 1 fully saturated rings. The van der Waals surface area contributed by atoms with E-state index in [2.05, 4.69) is 5.32 Å². The van der Waals surface area contributed by atoms with E-state index in [0.29, 0.717) is 6.54 Å². The Morgan fingerprint density at radius 2 is 2.05 bits per heavy atom. The summed E-state index contributed by atoms with van der Waals surface area (Å²) in [6.45, 7) is 2.27. The lowest BCUT2D eigenvalue weighted by Gasteiger charge is -2.34. The predicted molar refractivity (Wildman–Crippen MR) is 76.0 cm³/mol. The van der Waals surface area contributed by atoms with Crippen molar-refractivity contribution in [3.63, 3.8) is 0 Å². The van der Waals surface area contributed by atoms with Crippen molar-refractivity contribution < 1.29 is 9.90 Å². The molecule has 1 aromatic rings. The molecule has 1 aliphatic rings. The lowest BCUT2D eigenvalue weighted by Crippen LogP contribution is -2.43. The maximum atomic E-state index is 12.5. The monoisotopic (exact) mass is 262 g/mol. The first-order valence-corrected chi connectivity index (χ1v) is 6.88. The minimum Gasteiger partial charge on any atom is -0.508 e. The number of rotatable bonds is 3. The number of anilines is 1. The fourth-order valence-electron chi connectivity index (χ4n) is 2.80. The van der Waals surface area contributed by atoms with E-state index < -0.39 is 5.41 Å². The van der Waals surface area contributed by atoms with Crippen LogP contribution in [0.5, 0.6) is 5.75 Å². The zero-order chi connectivity index (χ0) is 13.9. The standard InChI is InChI=1S/C15H22N2O2/c1-11-9-12(18)5-6-13(11)17-14(19)15(10-16)7-3-2-4-8-15/h5-6,9,18H,2-4,7-8,10,16H2,1H3,(H,17,19). The summed E-state index contributed by atoms with van der Waals surface area (Å²) in [6.07, 6.45) is 5.06. The molecule has 1 amide bonds. The van der Waals surface area contributed by atoms with E-state index in [0.717, 1.165) is 36.9 Å². The molecule has 0 atom stereocenters. The summed E-state index contributed by atoms with van der Waals surface area (Å²) in [6, 6.07) is 4.96. The molecule has 0 bridgehead atoms. The van der Waals surface area contributed by atoms with E-state index in [1.807, 2.05) is 6.92 Å². The number of aromatic hydroxyl groups is 1. The molecule has 1 aliphatic carbocycles. The van der Waals surface area contributed by atoms with Gasteiger partial charge in [-0.3, -0.25) is 4.79 Å². The summed E-state index contributed by atoms with van der Waals surface area (Å²) < 4.78 is 0. The SMILES string of the molecule is Cc1cc(O)ccc1NC(=O)C1(CN)CCCCC1. The van der Waals surface area contributed by atoms with Gasteiger partial charge in [0, 0.05) is 12.2 Å². The summed E-state index contributed by atoms with van der Waals surface area (Å²) in [7, 11) is 0. The number of hydrogen-bond donors (Lipinski definition) is 3. The van der Waals surface area contributed by atoms with Crippen molar-refractivity contribution in [3.8, 4) is 5.75 Å². The topological polar surface area (TPSA) is 75.3 Å². The van der Waals surface area contributed by atoms with Crippen LogP contribution >= 0.6 is 0 Å². The summed E-state index contributed by atoms with van der Waals surface area (Å²) in [5.74, 6) is 0.227. The van der Waals surface area contributed by atoms with E-state index in [-0.39, 0.29) is 11.7 Å². The molecule has 0 aliphatic heterocycles. The largest absolute Gasteiger partial charge is 0.508 e. The number of nitrogens with one attached hydrogen (secondary N) is 1. The van der Waals surface area contributed by atoms with Gasteiger partial charge in [-0.1, -0.05) is 19.3 Å². The molecule has 4 heteroatoms. The molecule has 1 saturated carbocycles. The number of phenolic OH excluding ortho intramolecular Hbond substituents is 1. The first-order chi connectivity index (χ1) is 9.07. The quantitative estimate of drug-likeness (QED) is 0.733. The number of hydrogen-bond acceptors (Lipinski definition) is 3. The molecule has 4 nitrogen and oxygen atoms in total. The van der Waals surface area contributed by atoms with Crippen LogP contribution in [-0.2, 0) is 4.79 Å². The predicted octanol–water partition coefficient (Wildman–Crippen LogP) is 2.55. The molecule has 4 N–H and O–H groups in total. The van der Waals surface area contributed by atoms with Gasteiger partial charge >= 0.3 is 0 Å². The van der Waals surface area contributed by atoms with Gasteiger partial charge in [-0.25, -0.2) is 0 Å². The van der Waals surface area contributed by atoms with E-state index in [9.17, 15) is 9.90 Å². The van der Waals surface area contributed by atoms with Crippen LogP contribution in [-0.4, -0.2) is 17.6 Å².